The van der Waals surface area contributed by atoms with Gasteiger partial charge in [0.05, 0.1) is 16.7 Å². The summed E-state index contributed by atoms with van der Waals surface area (Å²) in [5, 5.41) is 0.450. The number of anilines is 2. The third kappa shape index (κ3) is 3.66. The maximum absolute atomic E-state index is 6.45. The molecule has 2 aromatic carbocycles. The monoisotopic (exact) mass is 416 g/mol. The molecule has 3 heterocycles. The number of aryl methyl sites for hydroxylation is 1. The normalized spacial score (nSPS) is 14.3. The van der Waals surface area contributed by atoms with Crippen molar-refractivity contribution in [1.29, 1.82) is 0 Å². The molecule has 5 rings (SSSR count). The molecule has 0 aliphatic carbocycles. The molecule has 0 N–H and O–H groups in total. The van der Waals surface area contributed by atoms with Crippen LogP contribution in [0.5, 0.6) is 0 Å². The minimum Gasteiger partial charge on any atom is -0.353 e. The van der Waals surface area contributed by atoms with Crippen molar-refractivity contribution in [3.63, 3.8) is 0 Å². The number of para-hydroxylation sites is 2. The molecule has 0 radical (unpaired) electrons. The molecule has 150 valence electrons. The van der Waals surface area contributed by atoms with Gasteiger partial charge >= 0.3 is 0 Å². The van der Waals surface area contributed by atoms with Crippen molar-refractivity contribution in [3.05, 3.63) is 71.6 Å². The van der Waals surface area contributed by atoms with E-state index in [4.69, 9.17) is 16.6 Å². The van der Waals surface area contributed by atoms with Crippen molar-refractivity contribution in [2.75, 3.05) is 36.0 Å². The van der Waals surface area contributed by atoms with Gasteiger partial charge in [-0.05, 0) is 19.1 Å². The number of hydrogen-bond acceptors (Lipinski definition) is 6. The van der Waals surface area contributed by atoms with Gasteiger partial charge in [-0.2, -0.15) is 0 Å². The molecule has 6 nitrogen and oxygen atoms in total. The van der Waals surface area contributed by atoms with Crippen molar-refractivity contribution in [2.45, 2.75) is 6.92 Å². The number of nitrogens with zero attached hydrogens (tertiary/aromatic N) is 6. The van der Waals surface area contributed by atoms with E-state index in [-0.39, 0.29) is 0 Å². The molecule has 0 unspecified atom stereocenters. The van der Waals surface area contributed by atoms with Crippen molar-refractivity contribution < 1.29 is 0 Å². The topological polar surface area (TPSA) is 58.0 Å². The van der Waals surface area contributed by atoms with E-state index in [1.165, 1.54) is 0 Å². The standard InChI is InChI=1S/C23H21ClN6/c1-16-25-20(17-7-3-2-4-8-17)15-21(26-16)29-11-13-30(14-12-29)23-22(24)27-18-9-5-6-10-19(18)28-23/h2-10,15H,11-14H2,1H3. The summed E-state index contributed by atoms with van der Waals surface area (Å²) < 4.78 is 0. The lowest BCUT2D eigenvalue weighted by molar-refractivity contribution is 0.640. The van der Waals surface area contributed by atoms with Crippen molar-refractivity contribution in [3.8, 4) is 11.3 Å². The molecule has 1 saturated heterocycles. The summed E-state index contributed by atoms with van der Waals surface area (Å²) in [7, 11) is 0. The van der Waals surface area contributed by atoms with E-state index < -0.39 is 0 Å². The third-order valence-electron chi connectivity index (χ3n) is 5.31. The molecule has 30 heavy (non-hydrogen) atoms. The van der Waals surface area contributed by atoms with Crippen LogP contribution in [0.25, 0.3) is 22.3 Å². The van der Waals surface area contributed by atoms with Crippen LogP contribution in [0.1, 0.15) is 5.82 Å². The summed E-state index contributed by atoms with van der Waals surface area (Å²) in [5.41, 5.74) is 3.72. The Labute approximate surface area is 180 Å². The molecule has 0 spiro atoms. The summed E-state index contributed by atoms with van der Waals surface area (Å²) in [6.07, 6.45) is 0. The van der Waals surface area contributed by atoms with Gasteiger partial charge in [0.15, 0.2) is 11.0 Å². The number of halogens is 1. The summed E-state index contributed by atoms with van der Waals surface area (Å²) >= 11 is 6.45. The fraction of sp³-hybridized carbons (Fsp3) is 0.217. The molecule has 0 atom stereocenters. The smallest absolute Gasteiger partial charge is 0.172 e. The molecule has 2 aromatic heterocycles. The van der Waals surface area contributed by atoms with Gasteiger partial charge in [0.2, 0.25) is 0 Å². The van der Waals surface area contributed by atoms with E-state index in [0.717, 1.165) is 65.9 Å². The number of benzene rings is 2. The van der Waals surface area contributed by atoms with E-state index >= 15 is 0 Å². The SMILES string of the molecule is Cc1nc(-c2ccccc2)cc(N2CCN(c3nc4ccccc4nc3Cl)CC2)n1. The number of hydrogen-bond donors (Lipinski definition) is 0. The average Bonchev–Trinajstić information content (AvgIpc) is 2.79. The zero-order valence-corrected chi connectivity index (χ0v) is 17.4. The minimum absolute atomic E-state index is 0.450. The fourth-order valence-corrected chi connectivity index (χ4v) is 4.04. The molecule has 0 bridgehead atoms. The first-order chi connectivity index (χ1) is 14.7. The van der Waals surface area contributed by atoms with Crippen LogP contribution >= 0.6 is 11.6 Å². The Hall–Kier alpha value is -3.25. The maximum Gasteiger partial charge on any atom is 0.172 e. The van der Waals surface area contributed by atoms with Gasteiger partial charge < -0.3 is 9.80 Å². The first-order valence-electron chi connectivity index (χ1n) is 10.0. The predicted octanol–water partition coefficient (Wildman–Crippen LogP) is 4.38. The van der Waals surface area contributed by atoms with Gasteiger partial charge in [-0.15, -0.1) is 0 Å². The van der Waals surface area contributed by atoms with Gasteiger partial charge in [0.25, 0.3) is 0 Å². The molecular weight excluding hydrogens is 396 g/mol. The number of rotatable bonds is 3. The van der Waals surface area contributed by atoms with E-state index in [0.29, 0.717) is 5.15 Å². The summed E-state index contributed by atoms with van der Waals surface area (Å²) in [5.74, 6) is 2.48. The lowest BCUT2D eigenvalue weighted by Gasteiger charge is -2.36. The Balaban J connectivity index is 1.37. The summed E-state index contributed by atoms with van der Waals surface area (Å²) in [6, 6.07) is 20.1. The highest BCUT2D eigenvalue weighted by Crippen LogP contribution is 2.27. The van der Waals surface area contributed by atoms with Crippen LogP contribution in [-0.4, -0.2) is 46.1 Å². The van der Waals surface area contributed by atoms with E-state index in [1.54, 1.807) is 0 Å². The van der Waals surface area contributed by atoms with Gasteiger partial charge in [-0.25, -0.2) is 19.9 Å². The molecule has 1 fully saturated rings. The lowest BCUT2D eigenvalue weighted by Crippen LogP contribution is -2.47. The van der Waals surface area contributed by atoms with Crippen LogP contribution in [0.3, 0.4) is 0 Å². The molecule has 7 heteroatoms. The number of fused-ring (bicyclic) bond motifs is 1. The minimum atomic E-state index is 0.450. The first-order valence-corrected chi connectivity index (χ1v) is 10.4. The van der Waals surface area contributed by atoms with Crippen molar-refractivity contribution in [1.82, 2.24) is 19.9 Å². The second kappa shape index (κ2) is 7.88. The van der Waals surface area contributed by atoms with Crippen LogP contribution in [-0.2, 0) is 0 Å². The number of piperazine rings is 1. The Kier molecular flexibility index (Phi) is 4.93. The molecule has 1 aliphatic heterocycles. The Morgan fingerprint density at radius 2 is 1.37 bits per heavy atom. The lowest BCUT2D eigenvalue weighted by atomic mass is 10.1. The van der Waals surface area contributed by atoms with Gasteiger partial charge in [-0.3, -0.25) is 0 Å². The first kappa shape index (κ1) is 18.8. The van der Waals surface area contributed by atoms with Crippen LogP contribution in [0.15, 0.2) is 60.7 Å². The second-order valence-corrected chi connectivity index (χ2v) is 7.68. The summed E-state index contributed by atoms with van der Waals surface area (Å²) in [6.45, 7) is 5.20. The van der Waals surface area contributed by atoms with Crippen LogP contribution < -0.4 is 9.80 Å². The fourth-order valence-electron chi connectivity index (χ4n) is 3.79. The van der Waals surface area contributed by atoms with Crippen LogP contribution in [0.4, 0.5) is 11.6 Å². The highest BCUT2D eigenvalue weighted by molar-refractivity contribution is 6.32. The largest absolute Gasteiger partial charge is 0.353 e. The molecule has 0 saturated carbocycles. The van der Waals surface area contributed by atoms with Gasteiger partial charge in [-0.1, -0.05) is 54.1 Å². The average molecular weight is 417 g/mol. The third-order valence-corrected chi connectivity index (χ3v) is 5.56. The van der Waals surface area contributed by atoms with Crippen LogP contribution in [0, 0.1) is 6.92 Å². The highest BCUT2D eigenvalue weighted by atomic mass is 35.5. The van der Waals surface area contributed by atoms with Crippen LogP contribution in [0.2, 0.25) is 5.15 Å². The molecule has 0 amide bonds. The molecule has 4 aromatic rings. The van der Waals surface area contributed by atoms with Crippen molar-refractivity contribution in [2.24, 2.45) is 0 Å². The predicted molar refractivity (Wildman–Crippen MR) is 121 cm³/mol. The maximum atomic E-state index is 6.45. The van der Waals surface area contributed by atoms with Gasteiger partial charge in [0.1, 0.15) is 11.6 Å². The Bertz CT molecular complexity index is 1190. The van der Waals surface area contributed by atoms with E-state index in [2.05, 4.69) is 43.0 Å². The zero-order chi connectivity index (χ0) is 20.5. The highest BCUT2D eigenvalue weighted by Gasteiger charge is 2.22. The quantitative estimate of drug-likeness (QED) is 0.494. The zero-order valence-electron chi connectivity index (χ0n) is 16.7. The number of aromatic nitrogens is 4. The molecule has 1 aliphatic rings. The van der Waals surface area contributed by atoms with Crippen molar-refractivity contribution >= 4 is 34.3 Å². The van der Waals surface area contributed by atoms with E-state index in [9.17, 15) is 0 Å². The molecular formula is C23H21ClN6. The Morgan fingerprint density at radius 1 is 0.733 bits per heavy atom. The van der Waals surface area contributed by atoms with E-state index in [1.807, 2.05) is 49.4 Å². The van der Waals surface area contributed by atoms with Gasteiger partial charge in [0, 0.05) is 37.8 Å². The second-order valence-electron chi connectivity index (χ2n) is 7.33. The Morgan fingerprint density at radius 3 is 2.10 bits per heavy atom. The summed E-state index contributed by atoms with van der Waals surface area (Å²) in [4.78, 5) is 23.1.